The molecular formula is C22H18FN3O3. The number of ether oxygens (including phenoxy) is 1. The first-order valence-electron chi connectivity index (χ1n) is 9.04. The Kier molecular flexibility index (Phi) is 5.11. The van der Waals surface area contributed by atoms with Crippen molar-refractivity contribution in [2.75, 3.05) is 22.1 Å². The van der Waals surface area contributed by atoms with E-state index in [4.69, 9.17) is 4.74 Å². The number of fused-ring (bicyclic) bond motifs is 1. The lowest BCUT2D eigenvalue weighted by atomic mass is 10.1. The first-order chi connectivity index (χ1) is 14.1. The van der Waals surface area contributed by atoms with Crippen molar-refractivity contribution in [3.05, 3.63) is 84.2 Å². The third-order valence-corrected chi connectivity index (χ3v) is 4.48. The molecule has 0 fully saturated rings. The minimum atomic E-state index is -0.417. The molecule has 0 unspecified atom stereocenters. The molecule has 0 saturated heterocycles. The van der Waals surface area contributed by atoms with Crippen LogP contribution in [-0.4, -0.2) is 18.5 Å². The maximum atomic E-state index is 14.1. The number of halogens is 1. The minimum absolute atomic E-state index is 0.0710. The van der Waals surface area contributed by atoms with Crippen molar-refractivity contribution in [2.45, 2.75) is 6.54 Å². The Bertz CT molecular complexity index is 1060. The van der Waals surface area contributed by atoms with Crippen molar-refractivity contribution >= 4 is 29.0 Å². The molecule has 29 heavy (non-hydrogen) atoms. The predicted octanol–water partition coefficient (Wildman–Crippen LogP) is 4.40. The molecule has 3 aromatic carbocycles. The second-order valence-electron chi connectivity index (χ2n) is 6.49. The van der Waals surface area contributed by atoms with Crippen molar-refractivity contribution in [1.29, 1.82) is 0 Å². The summed E-state index contributed by atoms with van der Waals surface area (Å²) in [5, 5.41) is 5.46. The average molecular weight is 391 g/mol. The molecule has 0 saturated carbocycles. The molecule has 146 valence electrons. The number of anilines is 3. The monoisotopic (exact) mass is 391 g/mol. The lowest BCUT2D eigenvalue weighted by molar-refractivity contribution is -0.121. The van der Waals surface area contributed by atoms with Crippen LogP contribution in [0.4, 0.5) is 26.2 Å². The van der Waals surface area contributed by atoms with Crippen LogP contribution in [0.2, 0.25) is 0 Å². The number of carbonyl (C=O) groups excluding carboxylic acids is 2. The molecule has 4 rings (SSSR count). The van der Waals surface area contributed by atoms with E-state index in [1.165, 1.54) is 11.0 Å². The fourth-order valence-electron chi connectivity index (χ4n) is 3.07. The number of hydrogen-bond donors (Lipinski definition) is 2. The van der Waals surface area contributed by atoms with Crippen molar-refractivity contribution in [3.8, 4) is 5.75 Å². The van der Waals surface area contributed by atoms with Crippen LogP contribution in [0.25, 0.3) is 0 Å². The highest BCUT2D eigenvalue weighted by molar-refractivity contribution is 6.02. The minimum Gasteiger partial charge on any atom is -0.482 e. The maximum absolute atomic E-state index is 14.1. The normalized spacial score (nSPS) is 12.7. The van der Waals surface area contributed by atoms with Gasteiger partial charge >= 0.3 is 6.03 Å². The van der Waals surface area contributed by atoms with Crippen molar-refractivity contribution < 1.29 is 18.7 Å². The zero-order chi connectivity index (χ0) is 20.2. The van der Waals surface area contributed by atoms with E-state index in [0.29, 0.717) is 28.4 Å². The number of benzene rings is 3. The van der Waals surface area contributed by atoms with Crippen LogP contribution in [0.3, 0.4) is 0 Å². The van der Waals surface area contributed by atoms with Crippen LogP contribution >= 0.6 is 0 Å². The Morgan fingerprint density at radius 1 is 0.966 bits per heavy atom. The Balaban J connectivity index is 1.55. The van der Waals surface area contributed by atoms with Crippen LogP contribution in [0.5, 0.6) is 5.75 Å². The summed E-state index contributed by atoms with van der Waals surface area (Å²) in [6.07, 6.45) is 0. The Labute approximate surface area is 166 Å². The van der Waals surface area contributed by atoms with E-state index in [0.717, 1.165) is 0 Å². The largest absolute Gasteiger partial charge is 0.482 e. The van der Waals surface area contributed by atoms with Gasteiger partial charge in [0.25, 0.3) is 5.91 Å². The fraction of sp³-hybridized carbons (Fsp3) is 0.0909. The maximum Gasteiger partial charge on any atom is 0.323 e. The second-order valence-corrected chi connectivity index (χ2v) is 6.49. The van der Waals surface area contributed by atoms with Gasteiger partial charge in [-0.05, 0) is 36.4 Å². The van der Waals surface area contributed by atoms with E-state index in [-0.39, 0.29) is 24.9 Å². The summed E-state index contributed by atoms with van der Waals surface area (Å²) < 4.78 is 19.5. The molecule has 6 nitrogen and oxygen atoms in total. The topological polar surface area (TPSA) is 70.7 Å². The zero-order valence-corrected chi connectivity index (χ0v) is 15.4. The van der Waals surface area contributed by atoms with Gasteiger partial charge in [-0.3, -0.25) is 4.79 Å². The van der Waals surface area contributed by atoms with E-state index in [2.05, 4.69) is 10.6 Å². The highest BCUT2D eigenvalue weighted by Gasteiger charge is 2.27. The smallest absolute Gasteiger partial charge is 0.323 e. The summed E-state index contributed by atoms with van der Waals surface area (Å²) in [6.45, 7) is -0.0513. The van der Waals surface area contributed by atoms with E-state index in [9.17, 15) is 14.0 Å². The summed E-state index contributed by atoms with van der Waals surface area (Å²) in [4.78, 5) is 26.1. The SMILES string of the molecule is O=C(Nc1ccccc1)Nc1ccc2c(c1)N(Cc1ccccc1F)C(=O)CO2. The summed E-state index contributed by atoms with van der Waals surface area (Å²) in [7, 11) is 0. The van der Waals surface area contributed by atoms with E-state index in [1.54, 1.807) is 48.5 Å². The van der Waals surface area contributed by atoms with Gasteiger partial charge in [-0.1, -0.05) is 36.4 Å². The first kappa shape index (κ1) is 18.5. The number of urea groups is 1. The number of carbonyl (C=O) groups is 2. The van der Waals surface area contributed by atoms with Crippen LogP contribution in [0.15, 0.2) is 72.8 Å². The number of nitrogens with zero attached hydrogens (tertiary/aromatic N) is 1. The van der Waals surface area contributed by atoms with Gasteiger partial charge in [0.1, 0.15) is 11.6 Å². The molecule has 1 heterocycles. The highest BCUT2D eigenvalue weighted by atomic mass is 19.1. The van der Waals surface area contributed by atoms with Gasteiger partial charge in [0.2, 0.25) is 0 Å². The second kappa shape index (κ2) is 8.02. The Morgan fingerprint density at radius 2 is 1.69 bits per heavy atom. The third kappa shape index (κ3) is 4.19. The molecule has 1 aliphatic heterocycles. The number of hydrogen-bond acceptors (Lipinski definition) is 3. The van der Waals surface area contributed by atoms with Crippen molar-refractivity contribution in [2.24, 2.45) is 0 Å². The molecule has 3 amide bonds. The van der Waals surface area contributed by atoms with E-state index in [1.807, 2.05) is 18.2 Å². The standard InChI is InChI=1S/C22H18FN3O3/c23-18-9-5-4-6-15(18)13-26-19-12-17(10-11-20(19)29-14-21(26)27)25-22(28)24-16-7-2-1-3-8-16/h1-12H,13-14H2,(H2,24,25,28). The van der Waals surface area contributed by atoms with Gasteiger partial charge in [0.05, 0.1) is 12.2 Å². The molecule has 3 aromatic rings. The lowest BCUT2D eigenvalue weighted by Gasteiger charge is -2.30. The zero-order valence-electron chi connectivity index (χ0n) is 15.4. The Hall–Kier alpha value is -3.87. The summed E-state index contributed by atoms with van der Waals surface area (Å²) >= 11 is 0. The molecule has 0 spiro atoms. The average Bonchev–Trinajstić information content (AvgIpc) is 2.72. The molecule has 0 bridgehead atoms. The summed E-state index contributed by atoms with van der Waals surface area (Å²) in [6, 6.07) is 19.9. The number of nitrogens with one attached hydrogen (secondary N) is 2. The molecule has 7 heteroatoms. The van der Waals surface area contributed by atoms with Gasteiger partial charge in [-0.2, -0.15) is 0 Å². The van der Waals surface area contributed by atoms with Crippen molar-refractivity contribution in [1.82, 2.24) is 0 Å². The summed E-state index contributed by atoms with van der Waals surface area (Å²) in [5.74, 6) is -0.175. The van der Waals surface area contributed by atoms with Gasteiger partial charge in [-0.15, -0.1) is 0 Å². The third-order valence-electron chi connectivity index (χ3n) is 4.48. The van der Waals surface area contributed by atoms with E-state index >= 15 is 0 Å². The Morgan fingerprint density at radius 3 is 2.48 bits per heavy atom. The number of para-hydroxylation sites is 1. The lowest BCUT2D eigenvalue weighted by Crippen LogP contribution is -2.38. The van der Waals surface area contributed by atoms with E-state index < -0.39 is 6.03 Å². The first-order valence-corrected chi connectivity index (χ1v) is 9.04. The number of rotatable bonds is 4. The van der Waals surface area contributed by atoms with Crippen LogP contribution in [0.1, 0.15) is 5.56 Å². The summed E-state index contributed by atoms with van der Waals surface area (Å²) in [5.41, 5.74) is 2.01. The van der Waals surface area contributed by atoms with Crippen molar-refractivity contribution in [3.63, 3.8) is 0 Å². The molecule has 0 aromatic heterocycles. The fourth-order valence-corrected chi connectivity index (χ4v) is 3.07. The van der Waals surface area contributed by atoms with Gasteiger partial charge in [0.15, 0.2) is 6.61 Å². The predicted molar refractivity (Wildman–Crippen MR) is 109 cm³/mol. The van der Waals surface area contributed by atoms with Gasteiger partial charge < -0.3 is 20.3 Å². The molecule has 0 aliphatic carbocycles. The molecule has 1 aliphatic rings. The van der Waals surface area contributed by atoms with Crippen LogP contribution in [-0.2, 0) is 11.3 Å². The van der Waals surface area contributed by atoms with Crippen LogP contribution in [0, 0.1) is 5.82 Å². The molecule has 0 atom stereocenters. The quantitative estimate of drug-likeness (QED) is 0.693. The van der Waals surface area contributed by atoms with Crippen LogP contribution < -0.4 is 20.3 Å². The number of amides is 3. The molecular weight excluding hydrogens is 373 g/mol. The molecule has 0 radical (unpaired) electrons. The highest BCUT2D eigenvalue weighted by Crippen LogP contribution is 2.35. The van der Waals surface area contributed by atoms with Gasteiger partial charge in [-0.25, -0.2) is 9.18 Å². The van der Waals surface area contributed by atoms with Gasteiger partial charge in [0, 0.05) is 16.9 Å². The molecule has 2 N–H and O–H groups in total.